The number of nitrogens with zero attached hydrogens (tertiary/aromatic N) is 1. The summed E-state index contributed by atoms with van der Waals surface area (Å²) in [5.74, 6) is -1.51. The lowest BCUT2D eigenvalue weighted by Gasteiger charge is -2.06. The number of carboxylic acids is 1. The maximum Gasteiger partial charge on any atom is 0.341 e. The van der Waals surface area contributed by atoms with E-state index >= 15 is 0 Å². The van der Waals surface area contributed by atoms with Crippen LogP contribution in [0.5, 0.6) is 5.75 Å². The smallest absolute Gasteiger partial charge is 0.341 e. The van der Waals surface area contributed by atoms with Gasteiger partial charge in [0.15, 0.2) is 11.5 Å². The molecule has 2 N–H and O–H groups in total. The molecule has 0 aliphatic carbocycles. The van der Waals surface area contributed by atoms with Gasteiger partial charge in [0.05, 0.1) is 7.11 Å². The minimum Gasteiger partial charge on any atom is -0.497 e. The molecule has 142 valence electrons. The highest BCUT2D eigenvalue weighted by atomic mass is 16.5. The third-order valence-electron chi connectivity index (χ3n) is 4.05. The average Bonchev–Trinajstić information content (AvgIpc) is 3.10. The Balaban J connectivity index is 1.74. The van der Waals surface area contributed by atoms with Crippen LogP contribution in [0, 0.1) is 6.92 Å². The molecule has 0 spiro atoms. The number of nitrogens with one attached hydrogen (secondary N) is 1. The molecule has 1 heterocycles. The minimum absolute atomic E-state index is 0.0399. The van der Waals surface area contributed by atoms with Gasteiger partial charge in [-0.1, -0.05) is 5.16 Å². The Labute approximate surface area is 159 Å². The molecule has 8 heteroatoms. The number of anilines is 1. The van der Waals surface area contributed by atoms with Gasteiger partial charge in [-0.25, -0.2) is 4.79 Å². The van der Waals surface area contributed by atoms with E-state index in [9.17, 15) is 14.4 Å². The number of aromatic carboxylic acids is 1. The van der Waals surface area contributed by atoms with E-state index in [0.29, 0.717) is 22.6 Å². The molecule has 0 aliphatic rings. The second-order valence-corrected chi connectivity index (χ2v) is 5.86. The van der Waals surface area contributed by atoms with E-state index in [2.05, 4.69) is 10.5 Å². The molecule has 3 aromatic rings. The number of benzene rings is 2. The van der Waals surface area contributed by atoms with E-state index in [-0.39, 0.29) is 22.8 Å². The van der Waals surface area contributed by atoms with Crippen LogP contribution in [0.15, 0.2) is 53.1 Å². The van der Waals surface area contributed by atoms with Crippen LogP contribution in [0.1, 0.15) is 42.5 Å². The average molecular weight is 380 g/mol. The molecule has 0 radical (unpaired) electrons. The molecule has 0 bridgehead atoms. The Morgan fingerprint density at radius 2 is 1.57 bits per heavy atom. The third-order valence-corrected chi connectivity index (χ3v) is 4.05. The summed E-state index contributed by atoms with van der Waals surface area (Å²) in [4.78, 5) is 36.0. The first-order chi connectivity index (χ1) is 13.4. The topological polar surface area (TPSA) is 119 Å². The van der Waals surface area contributed by atoms with E-state index in [1.807, 2.05) is 0 Å². The normalized spacial score (nSPS) is 10.4. The largest absolute Gasteiger partial charge is 0.497 e. The van der Waals surface area contributed by atoms with Gasteiger partial charge < -0.3 is 19.7 Å². The number of carboxylic acid groups (broad SMARTS) is 1. The number of aromatic nitrogens is 1. The fourth-order valence-electron chi connectivity index (χ4n) is 2.58. The number of rotatable bonds is 6. The molecule has 0 atom stereocenters. The van der Waals surface area contributed by atoms with Crippen LogP contribution in [0.2, 0.25) is 0 Å². The van der Waals surface area contributed by atoms with Gasteiger partial charge in [-0.15, -0.1) is 0 Å². The lowest BCUT2D eigenvalue weighted by atomic mass is 10.0. The summed E-state index contributed by atoms with van der Waals surface area (Å²) in [6.07, 6.45) is 0. The summed E-state index contributed by atoms with van der Waals surface area (Å²) in [5, 5.41) is 15.2. The fraction of sp³-hybridized carbons (Fsp3) is 0.100. The highest BCUT2D eigenvalue weighted by Gasteiger charge is 2.25. The second-order valence-electron chi connectivity index (χ2n) is 5.86. The quantitative estimate of drug-likeness (QED) is 0.630. The van der Waals surface area contributed by atoms with E-state index in [1.54, 1.807) is 55.6 Å². The van der Waals surface area contributed by atoms with Crippen molar-refractivity contribution in [3.63, 3.8) is 0 Å². The predicted octanol–water partition coefficient (Wildman–Crippen LogP) is 3.17. The van der Waals surface area contributed by atoms with E-state index < -0.39 is 11.9 Å². The van der Waals surface area contributed by atoms with Crippen LogP contribution in [0.3, 0.4) is 0 Å². The molecule has 0 saturated carbocycles. The van der Waals surface area contributed by atoms with Crippen molar-refractivity contribution in [2.45, 2.75) is 6.92 Å². The van der Waals surface area contributed by atoms with Crippen LogP contribution in [0.4, 0.5) is 5.69 Å². The van der Waals surface area contributed by atoms with Crippen LogP contribution >= 0.6 is 0 Å². The van der Waals surface area contributed by atoms with Crippen LogP contribution in [-0.2, 0) is 0 Å². The standard InChI is InChI=1S/C20H16N2O6/c1-11-16(20(25)26)17(22-28-11)19(24)21-14-7-3-12(4-8-14)18(23)13-5-9-15(27-2)10-6-13/h3-10H,1-2H3,(H,21,24)(H,25,26). The van der Waals surface area contributed by atoms with Crippen molar-refractivity contribution in [1.82, 2.24) is 5.16 Å². The van der Waals surface area contributed by atoms with Crippen molar-refractivity contribution in [2.24, 2.45) is 0 Å². The predicted molar refractivity (Wildman–Crippen MR) is 99.0 cm³/mol. The van der Waals surface area contributed by atoms with Gasteiger partial charge in [-0.2, -0.15) is 0 Å². The molecule has 0 aliphatic heterocycles. The molecular weight excluding hydrogens is 364 g/mol. The summed E-state index contributed by atoms with van der Waals surface area (Å²) in [5.41, 5.74) is 0.717. The van der Waals surface area contributed by atoms with Gasteiger partial charge in [0, 0.05) is 16.8 Å². The molecule has 3 rings (SSSR count). The molecule has 0 fully saturated rings. The molecule has 28 heavy (non-hydrogen) atoms. The molecule has 0 saturated heterocycles. The van der Waals surface area contributed by atoms with Crippen molar-refractivity contribution in [2.75, 3.05) is 12.4 Å². The zero-order valence-electron chi connectivity index (χ0n) is 15.1. The number of carbonyl (C=O) groups excluding carboxylic acids is 2. The lowest BCUT2D eigenvalue weighted by molar-refractivity contribution is 0.0691. The summed E-state index contributed by atoms with van der Waals surface area (Å²) in [7, 11) is 1.55. The minimum atomic E-state index is -1.30. The van der Waals surface area contributed by atoms with Crippen molar-refractivity contribution in [3.8, 4) is 5.75 Å². The molecular formula is C20H16N2O6. The van der Waals surface area contributed by atoms with Gasteiger partial charge in [0.1, 0.15) is 17.1 Å². The first-order valence-electron chi connectivity index (χ1n) is 8.20. The van der Waals surface area contributed by atoms with Crippen molar-refractivity contribution in [1.29, 1.82) is 0 Å². The Kier molecular flexibility index (Phi) is 5.21. The van der Waals surface area contributed by atoms with Crippen molar-refractivity contribution < 1.29 is 28.8 Å². The van der Waals surface area contributed by atoms with E-state index in [4.69, 9.17) is 14.4 Å². The van der Waals surface area contributed by atoms with E-state index in [0.717, 1.165) is 0 Å². The molecule has 1 amide bonds. The fourth-order valence-corrected chi connectivity index (χ4v) is 2.58. The SMILES string of the molecule is COc1ccc(C(=O)c2ccc(NC(=O)c3noc(C)c3C(=O)O)cc2)cc1. The Morgan fingerprint density at radius 3 is 2.11 bits per heavy atom. The summed E-state index contributed by atoms with van der Waals surface area (Å²) >= 11 is 0. The lowest BCUT2D eigenvalue weighted by Crippen LogP contribution is -2.16. The summed E-state index contributed by atoms with van der Waals surface area (Å²) in [6.45, 7) is 1.41. The van der Waals surface area contributed by atoms with Crippen LogP contribution in [0.25, 0.3) is 0 Å². The monoisotopic (exact) mass is 380 g/mol. The Bertz CT molecular complexity index is 1040. The van der Waals surface area contributed by atoms with E-state index in [1.165, 1.54) is 6.92 Å². The van der Waals surface area contributed by atoms with Gasteiger partial charge in [-0.3, -0.25) is 9.59 Å². The summed E-state index contributed by atoms with van der Waals surface area (Å²) in [6, 6.07) is 12.9. The zero-order valence-corrected chi connectivity index (χ0v) is 15.1. The van der Waals surface area contributed by atoms with Crippen LogP contribution < -0.4 is 10.1 Å². The highest BCUT2D eigenvalue weighted by molar-refractivity contribution is 6.11. The number of methoxy groups -OCH3 is 1. The van der Waals surface area contributed by atoms with Crippen LogP contribution in [-0.4, -0.2) is 35.0 Å². The van der Waals surface area contributed by atoms with Crippen molar-refractivity contribution >= 4 is 23.3 Å². The number of hydrogen-bond acceptors (Lipinski definition) is 6. The zero-order chi connectivity index (χ0) is 20.3. The number of carbonyl (C=O) groups is 3. The third kappa shape index (κ3) is 3.75. The van der Waals surface area contributed by atoms with Gasteiger partial charge >= 0.3 is 5.97 Å². The van der Waals surface area contributed by atoms with Gasteiger partial charge in [0.2, 0.25) is 0 Å². The summed E-state index contributed by atoms with van der Waals surface area (Å²) < 4.78 is 9.86. The van der Waals surface area contributed by atoms with Crippen molar-refractivity contribution in [3.05, 3.63) is 76.7 Å². The van der Waals surface area contributed by atoms with Gasteiger partial charge in [0.25, 0.3) is 5.91 Å². The second kappa shape index (κ2) is 7.75. The maximum absolute atomic E-state index is 12.5. The number of amides is 1. The molecule has 2 aromatic carbocycles. The molecule has 0 unspecified atom stereocenters. The number of hydrogen-bond donors (Lipinski definition) is 2. The Morgan fingerprint density at radius 1 is 1.00 bits per heavy atom. The Hall–Kier alpha value is -3.94. The number of ketones is 1. The van der Waals surface area contributed by atoms with Gasteiger partial charge in [-0.05, 0) is 55.5 Å². The first kappa shape index (κ1) is 18.8. The molecule has 1 aromatic heterocycles. The number of ether oxygens (including phenoxy) is 1. The highest BCUT2D eigenvalue weighted by Crippen LogP contribution is 2.19. The number of aryl methyl sites for hydroxylation is 1. The first-order valence-corrected chi connectivity index (χ1v) is 8.20. The molecule has 8 nitrogen and oxygen atoms in total. The maximum atomic E-state index is 12.5.